The van der Waals surface area contributed by atoms with Crippen molar-refractivity contribution in [2.24, 2.45) is 0 Å². The number of anilines is 2. The van der Waals surface area contributed by atoms with Crippen LogP contribution in [0.15, 0.2) is 72.8 Å². The fourth-order valence-electron chi connectivity index (χ4n) is 3.19. The molecule has 1 fully saturated rings. The highest BCUT2D eigenvalue weighted by atomic mass is 35.5. The lowest BCUT2D eigenvalue weighted by molar-refractivity contribution is -0.117. The predicted octanol–water partition coefficient (Wildman–Crippen LogP) is 5.51. The van der Waals surface area contributed by atoms with Crippen LogP contribution in [0.5, 0.6) is 11.5 Å². The van der Waals surface area contributed by atoms with E-state index in [-0.39, 0.29) is 11.8 Å². The third-order valence-electron chi connectivity index (χ3n) is 4.68. The number of nitrogens with one attached hydrogen (secondary N) is 1. The van der Waals surface area contributed by atoms with Crippen LogP contribution >= 0.6 is 11.6 Å². The molecule has 1 N–H and O–H groups in total. The molecule has 29 heavy (non-hydrogen) atoms. The van der Waals surface area contributed by atoms with E-state index in [0.29, 0.717) is 35.0 Å². The summed E-state index contributed by atoms with van der Waals surface area (Å²) < 4.78 is 5.74. The molecule has 6 heteroatoms. The molecule has 1 saturated heterocycles. The van der Waals surface area contributed by atoms with Gasteiger partial charge in [0, 0.05) is 24.2 Å². The van der Waals surface area contributed by atoms with Gasteiger partial charge in [0.25, 0.3) is 5.91 Å². The molecule has 0 aromatic heterocycles. The van der Waals surface area contributed by atoms with E-state index < -0.39 is 0 Å². The minimum Gasteiger partial charge on any atom is -0.457 e. The Hall–Kier alpha value is -3.31. The van der Waals surface area contributed by atoms with Crippen LogP contribution in [-0.2, 0) is 4.79 Å². The van der Waals surface area contributed by atoms with Gasteiger partial charge in [-0.05, 0) is 61.0 Å². The average Bonchev–Trinajstić information content (AvgIpc) is 3.17. The largest absolute Gasteiger partial charge is 0.457 e. The van der Waals surface area contributed by atoms with Crippen molar-refractivity contribution in [2.45, 2.75) is 12.8 Å². The van der Waals surface area contributed by atoms with Crippen LogP contribution in [0.3, 0.4) is 0 Å². The first-order valence-corrected chi connectivity index (χ1v) is 9.72. The van der Waals surface area contributed by atoms with Crippen molar-refractivity contribution in [3.05, 3.63) is 83.4 Å². The first-order valence-electron chi connectivity index (χ1n) is 9.34. The van der Waals surface area contributed by atoms with E-state index >= 15 is 0 Å². The van der Waals surface area contributed by atoms with Crippen molar-refractivity contribution in [1.29, 1.82) is 0 Å². The van der Waals surface area contributed by atoms with Gasteiger partial charge in [0.2, 0.25) is 5.91 Å². The molecule has 1 heterocycles. The summed E-state index contributed by atoms with van der Waals surface area (Å²) in [5, 5.41) is 3.24. The average molecular weight is 407 g/mol. The zero-order valence-corrected chi connectivity index (χ0v) is 16.4. The molecule has 146 valence electrons. The van der Waals surface area contributed by atoms with E-state index in [0.717, 1.165) is 17.9 Å². The second-order valence-electron chi connectivity index (χ2n) is 6.71. The Balaban J connectivity index is 1.47. The van der Waals surface area contributed by atoms with Crippen LogP contribution in [-0.4, -0.2) is 18.4 Å². The van der Waals surface area contributed by atoms with E-state index in [1.165, 1.54) is 0 Å². The number of para-hydroxylation sites is 1. The number of halogens is 1. The Labute approximate surface area is 173 Å². The Kier molecular flexibility index (Phi) is 5.49. The van der Waals surface area contributed by atoms with Gasteiger partial charge in [-0.25, -0.2) is 0 Å². The summed E-state index contributed by atoms with van der Waals surface area (Å²) in [6.45, 7) is 0.677. The summed E-state index contributed by atoms with van der Waals surface area (Å²) in [6.07, 6.45) is 1.38. The van der Waals surface area contributed by atoms with Crippen LogP contribution < -0.4 is 15.0 Å². The molecule has 1 aliphatic heterocycles. The zero-order chi connectivity index (χ0) is 20.2. The van der Waals surface area contributed by atoms with Gasteiger partial charge in [0.1, 0.15) is 11.5 Å². The number of nitrogens with zero attached hydrogens (tertiary/aromatic N) is 1. The number of rotatable bonds is 5. The highest BCUT2D eigenvalue weighted by molar-refractivity contribution is 6.34. The van der Waals surface area contributed by atoms with Gasteiger partial charge in [0.15, 0.2) is 0 Å². The molecule has 5 nitrogen and oxygen atoms in total. The van der Waals surface area contributed by atoms with Crippen LogP contribution in [0.1, 0.15) is 23.2 Å². The summed E-state index contributed by atoms with van der Waals surface area (Å²) >= 11 is 6.25. The highest BCUT2D eigenvalue weighted by Gasteiger charge is 2.22. The lowest BCUT2D eigenvalue weighted by atomic mass is 10.2. The first kappa shape index (κ1) is 19.0. The molecule has 3 aromatic rings. The normalized spacial score (nSPS) is 13.4. The number of carbonyl (C=O) groups excluding carboxylic acids is 2. The van der Waals surface area contributed by atoms with Gasteiger partial charge in [0.05, 0.1) is 10.7 Å². The van der Waals surface area contributed by atoms with Crippen LogP contribution in [0.2, 0.25) is 5.02 Å². The van der Waals surface area contributed by atoms with Gasteiger partial charge in [-0.3, -0.25) is 9.59 Å². The first-order chi connectivity index (χ1) is 14.1. The smallest absolute Gasteiger partial charge is 0.255 e. The van der Waals surface area contributed by atoms with Crippen molar-refractivity contribution in [2.75, 3.05) is 16.8 Å². The van der Waals surface area contributed by atoms with Crippen molar-refractivity contribution in [3.8, 4) is 11.5 Å². The molecule has 0 spiro atoms. The van der Waals surface area contributed by atoms with Crippen molar-refractivity contribution in [1.82, 2.24) is 0 Å². The molecule has 0 radical (unpaired) electrons. The second-order valence-corrected chi connectivity index (χ2v) is 7.11. The Morgan fingerprint density at radius 1 is 0.966 bits per heavy atom. The van der Waals surface area contributed by atoms with Gasteiger partial charge < -0.3 is 15.0 Å². The predicted molar refractivity (Wildman–Crippen MR) is 114 cm³/mol. The van der Waals surface area contributed by atoms with E-state index in [1.807, 2.05) is 30.3 Å². The van der Waals surface area contributed by atoms with Gasteiger partial charge in [-0.1, -0.05) is 29.8 Å². The minimum atomic E-state index is -0.289. The maximum Gasteiger partial charge on any atom is 0.255 e. The van der Waals surface area contributed by atoms with Crippen LogP contribution in [0.4, 0.5) is 11.4 Å². The molecule has 0 bridgehead atoms. The van der Waals surface area contributed by atoms with Crippen LogP contribution in [0.25, 0.3) is 0 Å². The van der Waals surface area contributed by atoms with E-state index in [1.54, 1.807) is 47.4 Å². The molecule has 2 amide bonds. The molecular formula is C23H19ClN2O3. The molecule has 0 aliphatic carbocycles. The third kappa shape index (κ3) is 4.41. The fraction of sp³-hybridized carbons (Fsp3) is 0.130. The van der Waals surface area contributed by atoms with Crippen molar-refractivity contribution >= 4 is 34.8 Å². The highest BCUT2D eigenvalue weighted by Crippen LogP contribution is 2.30. The Bertz CT molecular complexity index is 1040. The van der Waals surface area contributed by atoms with Gasteiger partial charge in [-0.15, -0.1) is 0 Å². The number of amides is 2. The number of hydrogen-bond acceptors (Lipinski definition) is 3. The molecule has 1 aliphatic rings. The number of carbonyl (C=O) groups is 2. The Morgan fingerprint density at radius 3 is 2.38 bits per heavy atom. The summed E-state index contributed by atoms with van der Waals surface area (Å²) in [7, 11) is 0. The second kappa shape index (κ2) is 8.37. The van der Waals surface area contributed by atoms with Gasteiger partial charge >= 0.3 is 0 Å². The van der Waals surface area contributed by atoms with E-state index in [9.17, 15) is 9.59 Å². The maximum absolute atomic E-state index is 12.6. The van der Waals surface area contributed by atoms with Gasteiger partial charge in [-0.2, -0.15) is 0 Å². The third-order valence-corrected chi connectivity index (χ3v) is 5.01. The quantitative estimate of drug-likeness (QED) is 0.607. The summed E-state index contributed by atoms with van der Waals surface area (Å²) in [5.41, 5.74) is 1.68. The van der Waals surface area contributed by atoms with Crippen molar-refractivity contribution in [3.63, 3.8) is 0 Å². The molecule has 4 rings (SSSR count). The lowest BCUT2D eigenvalue weighted by Gasteiger charge is -2.17. The molecule has 0 unspecified atom stereocenters. The monoisotopic (exact) mass is 406 g/mol. The lowest BCUT2D eigenvalue weighted by Crippen LogP contribution is -2.23. The maximum atomic E-state index is 12.6. The minimum absolute atomic E-state index is 0.0820. The number of ether oxygens (including phenoxy) is 1. The van der Waals surface area contributed by atoms with Crippen molar-refractivity contribution < 1.29 is 14.3 Å². The summed E-state index contributed by atoms with van der Waals surface area (Å²) in [6, 6.07) is 21.5. The molecule has 0 atom stereocenters. The number of benzene rings is 3. The topological polar surface area (TPSA) is 58.6 Å². The molecular weight excluding hydrogens is 388 g/mol. The number of hydrogen-bond donors (Lipinski definition) is 1. The van der Waals surface area contributed by atoms with Crippen LogP contribution in [0, 0.1) is 0 Å². The van der Waals surface area contributed by atoms with E-state index in [2.05, 4.69) is 5.32 Å². The SMILES string of the molecule is O=C(Nc1cc(N2CCCC2=O)ccc1Cl)c1ccc(Oc2ccccc2)cc1. The summed E-state index contributed by atoms with van der Waals surface area (Å²) in [4.78, 5) is 26.3. The zero-order valence-electron chi connectivity index (χ0n) is 15.6. The van der Waals surface area contributed by atoms with E-state index in [4.69, 9.17) is 16.3 Å². The summed E-state index contributed by atoms with van der Waals surface area (Å²) in [5.74, 6) is 1.16. The molecule has 0 saturated carbocycles. The standard InChI is InChI=1S/C23H19ClN2O3/c24-20-13-10-17(26-14-4-7-22(26)27)15-21(20)25-23(28)16-8-11-19(12-9-16)29-18-5-2-1-3-6-18/h1-3,5-6,8-13,15H,4,7,14H2,(H,25,28). The fourth-order valence-corrected chi connectivity index (χ4v) is 3.36. The Morgan fingerprint density at radius 2 is 1.69 bits per heavy atom. The molecule has 3 aromatic carbocycles.